The van der Waals surface area contributed by atoms with Gasteiger partial charge >= 0.3 is 0 Å². The smallest absolute Gasteiger partial charge is 0.246 e. The third-order valence-corrected chi connectivity index (χ3v) is 3.26. The van der Waals surface area contributed by atoms with Crippen LogP contribution in [0.4, 0.5) is 0 Å². The first-order chi connectivity index (χ1) is 9.29. The van der Waals surface area contributed by atoms with Gasteiger partial charge in [0.2, 0.25) is 11.0 Å². The summed E-state index contributed by atoms with van der Waals surface area (Å²) in [6, 6.07) is 1.86. The van der Waals surface area contributed by atoms with Crippen LogP contribution in [-0.2, 0) is 16.0 Å². The lowest BCUT2D eigenvalue weighted by Crippen LogP contribution is -2.29. The molecule has 0 saturated carbocycles. The van der Waals surface area contributed by atoms with Gasteiger partial charge < -0.3 is 10.1 Å². The molecule has 1 amide bonds. The number of ether oxygens (including phenoxy) is 1. The number of nitrogens with one attached hydrogen (secondary N) is 1. The highest BCUT2D eigenvalue weighted by Crippen LogP contribution is 2.13. The van der Waals surface area contributed by atoms with E-state index < -0.39 is 0 Å². The molecule has 102 valence electrons. The molecule has 0 aliphatic rings. The van der Waals surface area contributed by atoms with E-state index in [1.807, 2.05) is 24.6 Å². The van der Waals surface area contributed by atoms with Crippen molar-refractivity contribution < 1.29 is 9.53 Å². The summed E-state index contributed by atoms with van der Waals surface area (Å²) in [5.74, 6) is -0.0932. The Kier molecular flexibility index (Phi) is 5.05. The largest absolute Gasteiger partial charge is 0.372 e. The maximum absolute atomic E-state index is 11.3. The van der Waals surface area contributed by atoms with E-state index in [0.29, 0.717) is 19.6 Å². The molecule has 0 spiro atoms. The van der Waals surface area contributed by atoms with Crippen LogP contribution < -0.4 is 5.32 Å². The SMILES string of the molecule is CCOCC(=O)NCCc1csc(-n2cccn2)n1. The van der Waals surface area contributed by atoms with Crippen LogP contribution in [0, 0.1) is 0 Å². The monoisotopic (exact) mass is 280 g/mol. The highest BCUT2D eigenvalue weighted by molar-refractivity contribution is 7.12. The average molecular weight is 280 g/mol. The van der Waals surface area contributed by atoms with Gasteiger partial charge in [-0.2, -0.15) is 5.10 Å². The zero-order valence-electron chi connectivity index (χ0n) is 10.7. The van der Waals surface area contributed by atoms with Crippen molar-refractivity contribution in [3.05, 3.63) is 29.5 Å². The minimum atomic E-state index is -0.0932. The zero-order chi connectivity index (χ0) is 13.5. The fraction of sp³-hybridized carbons (Fsp3) is 0.417. The van der Waals surface area contributed by atoms with E-state index in [0.717, 1.165) is 10.8 Å². The van der Waals surface area contributed by atoms with Gasteiger partial charge in [0.25, 0.3) is 0 Å². The van der Waals surface area contributed by atoms with Gasteiger partial charge in [0, 0.05) is 37.3 Å². The van der Waals surface area contributed by atoms with Gasteiger partial charge in [-0.25, -0.2) is 9.67 Å². The number of hydrogen-bond donors (Lipinski definition) is 1. The van der Waals surface area contributed by atoms with E-state index in [2.05, 4.69) is 15.4 Å². The van der Waals surface area contributed by atoms with E-state index >= 15 is 0 Å². The first kappa shape index (κ1) is 13.7. The Labute approximate surface area is 115 Å². The maximum atomic E-state index is 11.3. The van der Waals surface area contributed by atoms with Crippen molar-refractivity contribution in [1.82, 2.24) is 20.1 Å². The topological polar surface area (TPSA) is 69.0 Å². The third kappa shape index (κ3) is 4.15. The van der Waals surface area contributed by atoms with Crippen molar-refractivity contribution >= 4 is 17.2 Å². The first-order valence-corrected chi connectivity index (χ1v) is 6.96. The van der Waals surface area contributed by atoms with Gasteiger partial charge in [-0.15, -0.1) is 11.3 Å². The molecular weight excluding hydrogens is 264 g/mol. The van der Waals surface area contributed by atoms with Crippen LogP contribution in [0.25, 0.3) is 5.13 Å². The minimum absolute atomic E-state index is 0.0932. The third-order valence-electron chi connectivity index (χ3n) is 2.38. The molecule has 2 rings (SSSR count). The van der Waals surface area contributed by atoms with Gasteiger partial charge in [-0.1, -0.05) is 0 Å². The molecule has 0 aliphatic carbocycles. The normalized spacial score (nSPS) is 10.6. The lowest BCUT2D eigenvalue weighted by molar-refractivity contribution is -0.125. The van der Waals surface area contributed by atoms with Crippen molar-refractivity contribution in [2.75, 3.05) is 19.8 Å². The Morgan fingerprint density at radius 1 is 1.58 bits per heavy atom. The zero-order valence-corrected chi connectivity index (χ0v) is 11.5. The Hall–Kier alpha value is -1.73. The number of amides is 1. The Bertz CT molecular complexity index is 510. The molecule has 2 aromatic heterocycles. The predicted octanol–water partition coefficient (Wildman–Crippen LogP) is 1.02. The van der Waals surface area contributed by atoms with Crippen LogP contribution in [0.15, 0.2) is 23.8 Å². The van der Waals surface area contributed by atoms with Crippen molar-refractivity contribution in [1.29, 1.82) is 0 Å². The van der Waals surface area contributed by atoms with Crippen molar-refractivity contribution in [3.8, 4) is 5.13 Å². The molecular formula is C12H16N4O2S. The maximum Gasteiger partial charge on any atom is 0.246 e. The van der Waals surface area contributed by atoms with Crippen LogP contribution in [0.2, 0.25) is 0 Å². The average Bonchev–Trinajstić information content (AvgIpc) is 3.06. The number of aromatic nitrogens is 3. The number of carbonyl (C=O) groups excluding carboxylic acids is 1. The minimum Gasteiger partial charge on any atom is -0.372 e. The number of carbonyl (C=O) groups is 1. The fourth-order valence-electron chi connectivity index (χ4n) is 1.47. The first-order valence-electron chi connectivity index (χ1n) is 6.08. The molecule has 0 aromatic carbocycles. The highest BCUT2D eigenvalue weighted by atomic mass is 32.1. The summed E-state index contributed by atoms with van der Waals surface area (Å²) >= 11 is 1.53. The number of rotatable bonds is 7. The molecule has 0 unspecified atom stereocenters. The van der Waals surface area contributed by atoms with Crippen LogP contribution in [0.3, 0.4) is 0 Å². The van der Waals surface area contributed by atoms with Crippen LogP contribution >= 0.6 is 11.3 Å². The van der Waals surface area contributed by atoms with E-state index in [1.54, 1.807) is 10.9 Å². The van der Waals surface area contributed by atoms with Gasteiger partial charge in [-0.3, -0.25) is 4.79 Å². The van der Waals surface area contributed by atoms with E-state index in [1.165, 1.54) is 11.3 Å². The van der Waals surface area contributed by atoms with Gasteiger partial charge in [0.05, 0.1) is 5.69 Å². The highest BCUT2D eigenvalue weighted by Gasteiger charge is 2.05. The summed E-state index contributed by atoms with van der Waals surface area (Å²) in [6.07, 6.45) is 4.27. The van der Waals surface area contributed by atoms with Crippen LogP contribution in [0.5, 0.6) is 0 Å². The van der Waals surface area contributed by atoms with Gasteiger partial charge in [0.15, 0.2) is 0 Å². The Balaban J connectivity index is 1.76. The van der Waals surface area contributed by atoms with Crippen molar-refractivity contribution in [2.45, 2.75) is 13.3 Å². The summed E-state index contributed by atoms with van der Waals surface area (Å²) < 4.78 is 6.74. The summed E-state index contributed by atoms with van der Waals surface area (Å²) in [5, 5.41) is 9.72. The molecule has 2 heterocycles. The van der Waals surface area contributed by atoms with Gasteiger partial charge in [0.1, 0.15) is 6.61 Å². The Morgan fingerprint density at radius 2 is 2.47 bits per heavy atom. The second-order valence-corrected chi connectivity index (χ2v) is 4.65. The molecule has 2 aromatic rings. The molecule has 1 N–H and O–H groups in total. The molecule has 0 radical (unpaired) electrons. The summed E-state index contributed by atoms with van der Waals surface area (Å²) in [6.45, 7) is 3.09. The van der Waals surface area contributed by atoms with Crippen molar-refractivity contribution in [3.63, 3.8) is 0 Å². The fourth-order valence-corrected chi connectivity index (χ4v) is 2.27. The standard InChI is InChI=1S/C12H16N4O2S/c1-2-18-8-11(17)13-6-4-10-9-19-12(15-10)16-7-3-5-14-16/h3,5,7,9H,2,4,6,8H2,1H3,(H,13,17). The lowest BCUT2D eigenvalue weighted by atomic mass is 10.3. The van der Waals surface area contributed by atoms with E-state index in [4.69, 9.17) is 4.74 Å². The number of hydrogen-bond acceptors (Lipinski definition) is 5. The molecule has 0 bridgehead atoms. The Morgan fingerprint density at radius 3 is 3.21 bits per heavy atom. The summed E-state index contributed by atoms with van der Waals surface area (Å²) in [4.78, 5) is 15.8. The predicted molar refractivity (Wildman–Crippen MR) is 72.4 cm³/mol. The van der Waals surface area contributed by atoms with Gasteiger partial charge in [-0.05, 0) is 13.0 Å². The van der Waals surface area contributed by atoms with Crippen LogP contribution in [0.1, 0.15) is 12.6 Å². The van der Waals surface area contributed by atoms with Crippen LogP contribution in [-0.4, -0.2) is 40.4 Å². The second kappa shape index (κ2) is 7.01. The second-order valence-electron chi connectivity index (χ2n) is 3.81. The van der Waals surface area contributed by atoms with Crippen molar-refractivity contribution in [2.24, 2.45) is 0 Å². The lowest BCUT2D eigenvalue weighted by Gasteiger charge is -2.03. The molecule has 7 heteroatoms. The van der Waals surface area contributed by atoms with E-state index in [9.17, 15) is 4.79 Å². The molecule has 0 aliphatic heterocycles. The number of thiazole rings is 1. The number of nitrogens with zero attached hydrogens (tertiary/aromatic N) is 3. The molecule has 0 saturated heterocycles. The summed E-state index contributed by atoms with van der Waals surface area (Å²) in [5.41, 5.74) is 0.951. The van der Waals surface area contributed by atoms with E-state index in [-0.39, 0.29) is 12.5 Å². The molecule has 19 heavy (non-hydrogen) atoms. The molecule has 0 fully saturated rings. The summed E-state index contributed by atoms with van der Waals surface area (Å²) in [7, 11) is 0. The molecule has 0 atom stereocenters. The molecule has 6 nitrogen and oxygen atoms in total. The quantitative estimate of drug-likeness (QED) is 0.822.